The highest BCUT2D eigenvalue weighted by Gasteiger charge is 2.46. The van der Waals surface area contributed by atoms with E-state index in [2.05, 4.69) is 4.98 Å². The van der Waals surface area contributed by atoms with Gasteiger partial charge in [0.2, 0.25) is 0 Å². The number of Topliss-reactive ketones (excluding diaryl/α,β-unsaturated/α-hetero) is 1. The molecule has 0 radical (unpaired) electrons. The number of carbonyl (C=O) groups excluding carboxylic acids is 2. The third-order valence-electron chi connectivity index (χ3n) is 5.54. The van der Waals surface area contributed by atoms with E-state index in [1.54, 1.807) is 24.8 Å². The Morgan fingerprint density at radius 3 is 2.67 bits per heavy atom. The van der Waals surface area contributed by atoms with Crippen LogP contribution in [-0.4, -0.2) is 44.9 Å². The summed E-state index contributed by atoms with van der Waals surface area (Å²) < 4.78 is 21.8. The van der Waals surface area contributed by atoms with Crippen molar-refractivity contribution < 1.29 is 23.8 Å². The summed E-state index contributed by atoms with van der Waals surface area (Å²) in [6.45, 7) is 0.739. The fraction of sp³-hybridized carbons (Fsp3) is 0.208. The first-order chi connectivity index (χ1) is 15.9. The van der Waals surface area contributed by atoms with Crippen molar-refractivity contribution in [2.45, 2.75) is 19.0 Å². The first-order valence-corrected chi connectivity index (χ1v) is 10.6. The van der Waals surface area contributed by atoms with Crippen molar-refractivity contribution in [3.63, 3.8) is 0 Å². The van der Waals surface area contributed by atoms with Crippen molar-refractivity contribution in [2.75, 3.05) is 13.7 Å². The molecule has 2 aromatic carbocycles. The molecule has 0 bridgehead atoms. The number of carbonyl (C=O) groups is 2. The molecule has 2 heterocycles. The molecule has 170 valence electrons. The number of rotatable bonds is 7. The van der Waals surface area contributed by atoms with E-state index in [0.717, 1.165) is 0 Å². The molecule has 1 aliphatic rings. The van der Waals surface area contributed by atoms with E-state index in [4.69, 9.17) is 16.3 Å². The number of benzene rings is 2. The second kappa shape index (κ2) is 9.46. The second-order valence-electron chi connectivity index (χ2n) is 7.52. The summed E-state index contributed by atoms with van der Waals surface area (Å²) in [5.41, 5.74) is 0.160. The van der Waals surface area contributed by atoms with E-state index < -0.39 is 29.3 Å². The Morgan fingerprint density at radius 2 is 2.00 bits per heavy atom. The number of amides is 1. The Labute approximate surface area is 194 Å². The second-order valence-corrected chi connectivity index (χ2v) is 7.92. The molecule has 1 amide bonds. The lowest BCUT2D eigenvalue weighted by molar-refractivity contribution is -0.140. The van der Waals surface area contributed by atoms with Crippen LogP contribution in [0.15, 0.2) is 66.8 Å². The summed E-state index contributed by atoms with van der Waals surface area (Å²) in [4.78, 5) is 31.3. The fourth-order valence-electron chi connectivity index (χ4n) is 3.94. The normalized spacial score (nSPS) is 17.5. The zero-order valence-corrected chi connectivity index (χ0v) is 18.5. The van der Waals surface area contributed by atoms with E-state index in [9.17, 15) is 19.1 Å². The summed E-state index contributed by atoms with van der Waals surface area (Å²) >= 11 is 6.18. The minimum atomic E-state index is -1.07. The van der Waals surface area contributed by atoms with E-state index in [1.807, 2.05) is 4.57 Å². The summed E-state index contributed by atoms with van der Waals surface area (Å²) in [5.74, 6) is -2.30. The van der Waals surface area contributed by atoms with Gasteiger partial charge in [-0.25, -0.2) is 9.37 Å². The van der Waals surface area contributed by atoms with Crippen LogP contribution in [0.1, 0.15) is 23.6 Å². The molecule has 1 fully saturated rings. The van der Waals surface area contributed by atoms with Crippen molar-refractivity contribution in [1.82, 2.24) is 14.5 Å². The lowest BCUT2D eigenvalue weighted by Crippen LogP contribution is -2.31. The van der Waals surface area contributed by atoms with Crippen LogP contribution in [0.4, 0.5) is 4.39 Å². The zero-order valence-electron chi connectivity index (χ0n) is 17.7. The Morgan fingerprint density at radius 1 is 1.21 bits per heavy atom. The van der Waals surface area contributed by atoms with Gasteiger partial charge in [-0.1, -0.05) is 29.8 Å². The van der Waals surface area contributed by atoms with E-state index in [0.29, 0.717) is 18.7 Å². The monoisotopic (exact) mass is 469 g/mol. The van der Waals surface area contributed by atoms with Gasteiger partial charge in [0.05, 0.1) is 30.1 Å². The number of aromatic nitrogens is 2. The number of ether oxygens (including phenoxy) is 1. The number of methoxy groups -OCH3 is 1. The Bertz CT molecular complexity index is 1230. The number of likely N-dealkylation sites (tertiary alicyclic amines) is 1. The van der Waals surface area contributed by atoms with Crippen molar-refractivity contribution in [1.29, 1.82) is 0 Å². The summed E-state index contributed by atoms with van der Waals surface area (Å²) in [6, 6.07) is 9.31. The molecule has 0 spiro atoms. The molecule has 0 unspecified atom stereocenters. The molecule has 1 atom stereocenters. The van der Waals surface area contributed by atoms with Crippen LogP contribution in [0.25, 0.3) is 5.76 Å². The Hall–Kier alpha value is -3.65. The molecule has 1 saturated heterocycles. The van der Waals surface area contributed by atoms with Crippen molar-refractivity contribution in [3.05, 3.63) is 88.7 Å². The molecule has 0 aliphatic carbocycles. The van der Waals surface area contributed by atoms with Crippen LogP contribution in [0.3, 0.4) is 0 Å². The third-order valence-corrected chi connectivity index (χ3v) is 5.83. The smallest absolute Gasteiger partial charge is 0.295 e. The number of aliphatic hydroxyl groups excluding tert-OH is 1. The maximum absolute atomic E-state index is 14.8. The van der Waals surface area contributed by atoms with Gasteiger partial charge in [-0.05, 0) is 30.7 Å². The first kappa shape index (κ1) is 22.5. The number of hydrogen-bond acceptors (Lipinski definition) is 5. The number of aliphatic hydroxyl groups is 1. The zero-order chi connectivity index (χ0) is 23.5. The van der Waals surface area contributed by atoms with Crippen LogP contribution < -0.4 is 4.74 Å². The largest absolute Gasteiger partial charge is 0.507 e. The van der Waals surface area contributed by atoms with Gasteiger partial charge in [-0.3, -0.25) is 9.59 Å². The predicted octanol–water partition coefficient (Wildman–Crippen LogP) is 4.20. The van der Waals surface area contributed by atoms with Gasteiger partial charge in [-0.15, -0.1) is 0 Å². The average Bonchev–Trinajstić information content (AvgIpc) is 3.41. The molecule has 1 N–H and O–H groups in total. The lowest BCUT2D eigenvalue weighted by atomic mass is 9.95. The van der Waals surface area contributed by atoms with Gasteiger partial charge >= 0.3 is 0 Å². The molecule has 33 heavy (non-hydrogen) atoms. The maximum Gasteiger partial charge on any atom is 0.295 e. The molecule has 1 aromatic heterocycles. The Balaban J connectivity index is 1.76. The van der Waals surface area contributed by atoms with Crippen molar-refractivity contribution in [2.24, 2.45) is 0 Å². The Kier molecular flexibility index (Phi) is 6.46. The van der Waals surface area contributed by atoms with Crippen molar-refractivity contribution in [3.8, 4) is 5.75 Å². The van der Waals surface area contributed by atoms with Crippen molar-refractivity contribution >= 4 is 29.1 Å². The van der Waals surface area contributed by atoms with Gasteiger partial charge in [-0.2, -0.15) is 0 Å². The maximum atomic E-state index is 14.8. The minimum absolute atomic E-state index is 0.125. The van der Waals surface area contributed by atoms with Gasteiger partial charge < -0.3 is 19.3 Å². The average molecular weight is 470 g/mol. The van der Waals surface area contributed by atoms with Gasteiger partial charge in [0, 0.05) is 36.6 Å². The number of halogens is 2. The van der Waals surface area contributed by atoms with Gasteiger partial charge in [0.15, 0.2) is 0 Å². The summed E-state index contributed by atoms with van der Waals surface area (Å²) in [5, 5.41) is 11.3. The fourth-order valence-corrected chi connectivity index (χ4v) is 4.20. The quantitative estimate of drug-likeness (QED) is 0.318. The SMILES string of the molecule is COc1ccc(C(O)=C2C(=O)C(=O)N(CCCn3ccnc3)[C@H]2c2ccccc2F)cc1Cl. The van der Waals surface area contributed by atoms with Crippen LogP contribution in [0.2, 0.25) is 5.02 Å². The van der Waals surface area contributed by atoms with E-state index in [-0.39, 0.29) is 28.3 Å². The minimum Gasteiger partial charge on any atom is -0.507 e. The third kappa shape index (κ3) is 4.34. The highest BCUT2D eigenvalue weighted by atomic mass is 35.5. The molecule has 3 aromatic rings. The van der Waals surface area contributed by atoms with Crippen LogP contribution >= 0.6 is 11.6 Å². The lowest BCUT2D eigenvalue weighted by Gasteiger charge is -2.25. The first-order valence-electron chi connectivity index (χ1n) is 10.2. The summed E-state index contributed by atoms with van der Waals surface area (Å²) in [7, 11) is 1.45. The van der Waals surface area contributed by atoms with Gasteiger partial charge in [0.25, 0.3) is 11.7 Å². The molecule has 7 nitrogen and oxygen atoms in total. The molecule has 9 heteroatoms. The van der Waals surface area contributed by atoms with E-state index in [1.165, 1.54) is 48.4 Å². The highest BCUT2D eigenvalue weighted by Crippen LogP contribution is 2.41. The van der Waals surface area contributed by atoms with Crippen LogP contribution in [-0.2, 0) is 16.1 Å². The number of hydrogen-bond donors (Lipinski definition) is 1. The number of nitrogens with zero attached hydrogens (tertiary/aromatic N) is 3. The number of ketones is 1. The predicted molar refractivity (Wildman–Crippen MR) is 120 cm³/mol. The molecular weight excluding hydrogens is 449 g/mol. The standard InChI is InChI=1S/C24H21ClFN3O4/c1-33-19-8-7-15(13-17(19)25)22(30)20-21(16-5-2-3-6-18(16)26)29(24(32)23(20)31)11-4-10-28-12-9-27-14-28/h2-3,5-9,12-14,21,30H,4,10-11H2,1H3/t21-/m0/s1. The summed E-state index contributed by atoms with van der Waals surface area (Å²) in [6.07, 6.45) is 5.58. The number of imidazole rings is 1. The van der Waals surface area contributed by atoms with E-state index >= 15 is 0 Å². The number of aryl methyl sites for hydroxylation is 1. The molecular formula is C24H21ClFN3O4. The topological polar surface area (TPSA) is 84.7 Å². The van der Waals surface area contributed by atoms with Crippen LogP contribution in [0, 0.1) is 5.82 Å². The van der Waals surface area contributed by atoms with Crippen LogP contribution in [0.5, 0.6) is 5.75 Å². The molecule has 1 aliphatic heterocycles. The molecule has 0 saturated carbocycles. The van der Waals surface area contributed by atoms with Gasteiger partial charge in [0.1, 0.15) is 17.3 Å². The molecule has 4 rings (SSSR count). The highest BCUT2D eigenvalue weighted by molar-refractivity contribution is 6.46.